The van der Waals surface area contributed by atoms with Gasteiger partial charge in [0.2, 0.25) is 11.1 Å². The van der Waals surface area contributed by atoms with E-state index < -0.39 is 0 Å². The Bertz CT molecular complexity index is 995. The van der Waals surface area contributed by atoms with Gasteiger partial charge in [-0.3, -0.25) is 9.20 Å². The van der Waals surface area contributed by atoms with Crippen molar-refractivity contribution in [2.45, 2.75) is 6.92 Å². The summed E-state index contributed by atoms with van der Waals surface area (Å²) in [6, 6.07) is 11.2. The van der Waals surface area contributed by atoms with E-state index in [1.165, 1.54) is 0 Å². The Labute approximate surface area is 107 Å². The quantitative estimate of drug-likeness (QED) is 0.482. The van der Waals surface area contributed by atoms with Crippen LogP contribution in [0.25, 0.3) is 27.8 Å². The van der Waals surface area contributed by atoms with Gasteiger partial charge in [-0.15, -0.1) is 0 Å². The minimum atomic E-state index is -0.0463. The Kier molecular flexibility index (Phi) is 1.87. The maximum atomic E-state index is 12.6. The Balaban J connectivity index is 2.34. The number of hydrogen-bond acceptors (Lipinski definition) is 3. The molecule has 0 amide bonds. The largest absolute Gasteiger partial charge is 0.436 e. The fourth-order valence-corrected chi connectivity index (χ4v) is 2.39. The number of fused-ring (bicyclic) bond motifs is 4. The predicted molar refractivity (Wildman–Crippen MR) is 73.5 cm³/mol. The Morgan fingerprint density at radius 3 is 3.00 bits per heavy atom. The summed E-state index contributed by atoms with van der Waals surface area (Å²) in [5.41, 5.74) is 3.18. The van der Waals surface area contributed by atoms with E-state index in [0.717, 1.165) is 5.56 Å². The van der Waals surface area contributed by atoms with Gasteiger partial charge in [-0.1, -0.05) is 12.1 Å². The van der Waals surface area contributed by atoms with Gasteiger partial charge in [-0.25, -0.2) is 0 Å². The molecule has 4 rings (SSSR count). The second-order valence-electron chi connectivity index (χ2n) is 4.63. The van der Waals surface area contributed by atoms with Crippen molar-refractivity contribution >= 4 is 27.8 Å². The van der Waals surface area contributed by atoms with E-state index in [-0.39, 0.29) is 5.43 Å². The van der Waals surface area contributed by atoms with Crippen molar-refractivity contribution in [3.63, 3.8) is 0 Å². The minimum Gasteiger partial charge on any atom is -0.436 e. The highest BCUT2D eigenvalue weighted by Gasteiger charge is 2.13. The third kappa shape index (κ3) is 1.34. The molecule has 0 fully saturated rings. The molecule has 3 aromatic heterocycles. The lowest BCUT2D eigenvalue weighted by molar-refractivity contribution is 0.647. The molecule has 0 aliphatic carbocycles. The second kappa shape index (κ2) is 3.45. The summed E-state index contributed by atoms with van der Waals surface area (Å²) in [6.07, 6.45) is 1.82. The fourth-order valence-electron chi connectivity index (χ4n) is 2.39. The van der Waals surface area contributed by atoms with Gasteiger partial charge in [0.1, 0.15) is 11.2 Å². The molecule has 4 nitrogen and oxygen atoms in total. The summed E-state index contributed by atoms with van der Waals surface area (Å²) in [7, 11) is 0. The van der Waals surface area contributed by atoms with Crippen molar-refractivity contribution in [1.29, 1.82) is 0 Å². The van der Waals surface area contributed by atoms with Crippen molar-refractivity contribution in [1.82, 2.24) is 9.38 Å². The zero-order chi connectivity index (χ0) is 13.0. The summed E-state index contributed by atoms with van der Waals surface area (Å²) in [6.45, 7) is 1.97. The van der Waals surface area contributed by atoms with E-state index in [4.69, 9.17) is 4.42 Å². The standard InChI is InChI=1S/C15H10N2O2/c1-9-5-6-10-11(8-9)19-15-13(14(10)18)17-7-3-2-4-12(17)16-15/h2-8H,1H3. The van der Waals surface area contributed by atoms with E-state index in [1.807, 2.05) is 43.5 Å². The molecule has 19 heavy (non-hydrogen) atoms. The average Bonchev–Trinajstić information content (AvgIpc) is 2.76. The molecule has 0 atom stereocenters. The van der Waals surface area contributed by atoms with Crippen LogP contribution in [0.3, 0.4) is 0 Å². The first-order valence-corrected chi connectivity index (χ1v) is 6.04. The normalized spacial score (nSPS) is 11.6. The summed E-state index contributed by atoms with van der Waals surface area (Å²) in [5, 5.41) is 0.587. The van der Waals surface area contributed by atoms with Crippen LogP contribution in [0.15, 0.2) is 51.8 Å². The molecule has 0 saturated carbocycles. The number of aromatic nitrogens is 2. The number of aryl methyl sites for hydroxylation is 1. The molecule has 4 aromatic rings. The molecule has 0 unspecified atom stereocenters. The third-order valence-electron chi connectivity index (χ3n) is 3.30. The Morgan fingerprint density at radius 2 is 2.11 bits per heavy atom. The molecule has 0 spiro atoms. The molecule has 0 saturated heterocycles. The van der Waals surface area contributed by atoms with Gasteiger partial charge in [-0.2, -0.15) is 4.98 Å². The molecule has 1 aromatic carbocycles. The number of nitrogens with zero attached hydrogens (tertiary/aromatic N) is 2. The lowest BCUT2D eigenvalue weighted by Gasteiger charge is -1.98. The molecular formula is C15H10N2O2. The molecule has 4 heteroatoms. The van der Waals surface area contributed by atoms with E-state index >= 15 is 0 Å². The summed E-state index contributed by atoms with van der Waals surface area (Å²) >= 11 is 0. The number of hydrogen-bond donors (Lipinski definition) is 0. The third-order valence-corrected chi connectivity index (χ3v) is 3.30. The van der Waals surface area contributed by atoms with Crippen LogP contribution in [0, 0.1) is 6.92 Å². The van der Waals surface area contributed by atoms with Crippen LogP contribution < -0.4 is 5.43 Å². The summed E-state index contributed by atoms with van der Waals surface area (Å²) in [5.74, 6) is 0. The van der Waals surface area contributed by atoms with Gasteiger partial charge < -0.3 is 4.42 Å². The molecule has 0 radical (unpaired) electrons. The van der Waals surface area contributed by atoms with Crippen LogP contribution in [-0.4, -0.2) is 9.38 Å². The van der Waals surface area contributed by atoms with Gasteiger partial charge in [0.15, 0.2) is 5.52 Å². The average molecular weight is 250 g/mol. The molecule has 0 aliphatic rings. The zero-order valence-electron chi connectivity index (χ0n) is 10.3. The highest BCUT2D eigenvalue weighted by Crippen LogP contribution is 2.20. The maximum Gasteiger partial charge on any atom is 0.250 e. The number of rotatable bonds is 0. The van der Waals surface area contributed by atoms with E-state index in [9.17, 15) is 4.79 Å². The van der Waals surface area contributed by atoms with Gasteiger partial charge in [-0.05, 0) is 36.8 Å². The van der Waals surface area contributed by atoms with Crippen molar-refractivity contribution in [3.8, 4) is 0 Å². The monoisotopic (exact) mass is 250 g/mol. The van der Waals surface area contributed by atoms with Gasteiger partial charge in [0, 0.05) is 6.20 Å². The first kappa shape index (κ1) is 10.3. The van der Waals surface area contributed by atoms with Crippen LogP contribution in [0.1, 0.15) is 5.56 Å². The topological polar surface area (TPSA) is 47.5 Å². The van der Waals surface area contributed by atoms with E-state index in [0.29, 0.717) is 27.8 Å². The predicted octanol–water partition coefficient (Wildman–Crippen LogP) is 2.90. The SMILES string of the molecule is Cc1ccc2c(=O)c3c(nc4ccccn43)oc2c1. The molecule has 0 bridgehead atoms. The lowest BCUT2D eigenvalue weighted by Crippen LogP contribution is -2.04. The van der Waals surface area contributed by atoms with E-state index in [2.05, 4.69) is 4.98 Å². The highest BCUT2D eigenvalue weighted by atomic mass is 16.3. The summed E-state index contributed by atoms with van der Waals surface area (Å²) < 4.78 is 7.53. The molecule has 92 valence electrons. The fraction of sp³-hybridized carbons (Fsp3) is 0.0667. The van der Waals surface area contributed by atoms with Crippen molar-refractivity contribution < 1.29 is 4.42 Å². The van der Waals surface area contributed by atoms with Gasteiger partial charge >= 0.3 is 0 Å². The van der Waals surface area contributed by atoms with Crippen LogP contribution in [0.4, 0.5) is 0 Å². The van der Waals surface area contributed by atoms with Crippen LogP contribution in [0.2, 0.25) is 0 Å². The molecule has 0 aliphatic heterocycles. The lowest BCUT2D eigenvalue weighted by atomic mass is 10.1. The molecule has 0 N–H and O–H groups in total. The van der Waals surface area contributed by atoms with Crippen molar-refractivity contribution in [2.24, 2.45) is 0 Å². The van der Waals surface area contributed by atoms with Gasteiger partial charge in [0.25, 0.3) is 0 Å². The molecule has 3 heterocycles. The van der Waals surface area contributed by atoms with E-state index in [1.54, 1.807) is 10.5 Å². The van der Waals surface area contributed by atoms with Crippen molar-refractivity contribution in [3.05, 3.63) is 58.4 Å². The van der Waals surface area contributed by atoms with Crippen LogP contribution in [0.5, 0.6) is 0 Å². The maximum absolute atomic E-state index is 12.6. The first-order valence-electron chi connectivity index (χ1n) is 6.04. The number of benzene rings is 1. The zero-order valence-corrected chi connectivity index (χ0v) is 10.3. The first-order chi connectivity index (χ1) is 9.24. The van der Waals surface area contributed by atoms with Crippen LogP contribution >= 0.6 is 0 Å². The molecular weight excluding hydrogens is 240 g/mol. The smallest absolute Gasteiger partial charge is 0.250 e. The number of pyridine rings is 1. The Hall–Kier alpha value is -2.62. The Morgan fingerprint density at radius 1 is 1.21 bits per heavy atom. The number of imidazole rings is 1. The summed E-state index contributed by atoms with van der Waals surface area (Å²) in [4.78, 5) is 16.9. The van der Waals surface area contributed by atoms with Gasteiger partial charge in [0.05, 0.1) is 5.39 Å². The van der Waals surface area contributed by atoms with Crippen LogP contribution in [-0.2, 0) is 0 Å². The second-order valence-corrected chi connectivity index (χ2v) is 4.63. The van der Waals surface area contributed by atoms with Crippen molar-refractivity contribution in [2.75, 3.05) is 0 Å². The minimum absolute atomic E-state index is 0.0463. The highest BCUT2D eigenvalue weighted by molar-refractivity contribution is 5.88.